The molecule has 2 heterocycles. The van der Waals surface area contributed by atoms with Gasteiger partial charge < -0.3 is 10.5 Å². The van der Waals surface area contributed by atoms with Crippen LogP contribution in [0.4, 0.5) is 0 Å². The Bertz CT molecular complexity index is 411. The van der Waals surface area contributed by atoms with Crippen molar-refractivity contribution in [2.24, 2.45) is 11.1 Å². The summed E-state index contributed by atoms with van der Waals surface area (Å²) in [4.78, 5) is 0. The molecule has 2 N–H and O–H groups in total. The molecule has 1 atom stereocenters. The lowest BCUT2D eigenvalue weighted by atomic mass is 9.78. The first kappa shape index (κ1) is 14.0. The van der Waals surface area contributed by atoms with Gasteiger partial charge in [-0.2, -0.15) is 5.10 Å². The van der Waals surface area contributed by atoms with E-state index in [1.807, 2.05) is 6.92 Å². The first-order valence-corrected chi connectivity index (χ1v) is 7.41. The molecule has 1 aliphatic heterocycles. The van der Waals surface area contributed by atoms with E-state index in [1.165, 1.54) is 5.69 Å². The molecule has 0 radical (unpaired) electrons. The van der Waals surface area contributed by atoms with Crippen LogP contribution >= 0.6 is 15.9 Å². The molecule has 4 nitrogen and oxygen atoms in total. The van der Waals surface area contributed by atoms with Gasteiger partial charge in [0.15, 0.2) is 0 Å². The lowest BCUT2D eigenvalue weighted by Gasteiger charge is -2.36. The third-order valence-electron chi connectivity index (χ3n) is 3.83. The Morgan fingerprint density at radius 2 is 2.33 bits per heavy atom. The van der Waals surface area contributed by atoms with Crippen molar-refractivity contribution in [1.29, 1.82) is 0 Å². The van der Waals surface area contributed by atoms with Crippen LogP contribution in [0.1, 0.15) is 31.2 Å². The van der Waals surface area contributed by atoms with Crippen LogP contribution in [0.3, 0.4) is 0 Å². The van der Waals surface area contributed by atoms with Crippen LogP contribution in [-0.4, -0.2) is 29.5 Å². The van der Waals surface area contributed by atoms with E-state index >= 15 is 0 Å². The summed E-state index contributed by atoms with van der Waals surface area (Å²) in [6.45, 7) is 7.36. The topological polar surface area (TPSA) is 53.1 Å². The lowest BCUT2D eigenvalue weighted by Crippen LogP contribution is -2.41. The fourth-order valence-electron chi connectivity index (χ4n) is 2.68. The summed E-state index contributed by atoms with van der Waals surface area (Å²) < 4.78 is 8.85. The number of aromatic nitrogens is 2. The molecule has 1 saturated heterocycles. The van der Waals surface area contributed by atoms with Gasteiger partial charge in [0.05, 0.1) is 22.5 Å². The Balaban J connectivity index is 2.26. The molecular formula is C13H22BrN3O. The predicted molar refractivity (Wildman–Crippen MR) is 75.6 cm³/mol. The SMILES string of the molecule is CCn1nc(C)c(Br)c1CC1(CN)CCCOC1. The van der Waals surface area contributed by atoms with Gasteiger partial charge in [0.25, 0.3) is 0 Å². The summed E-state index contributed by atoms with van der Waals surface area (Å²) in [5, 5.41) is 4.55. The summed E-state index contributed by atoms with van der Waals surface area (Å²) in [6, 6.07) is 0. The number of rotatable bonds is 4. The highest BCUT2D eigenvalue weighted by Gasteiger charge is 2.34. The van der Waals surface area contributed by atoms with Crippen LogP contribution in [0.2, 0.25) is 0 Å². The van der Waals surface area contributed by atoms with Gasteiger partial charge >= 0.3 is 0 Å². The highest BCUT2D eigenvalue weighted by Crippen LogP contribution is 2.34. The third kappa shape index (κ3) is 2.63. The molecule has 102 valence electrons. The number of halogens is 1. The number of nitrogens with two attached hydrogens (primary N) is 1. The van der Waals surface area contributed by atoms with Crippen LogP contribution < -0.4 is 5.73 Å². The molecule has 1 aromatic heterocycles. The quantitative estimate of drug-likeness (QED) is 0.927. The first-order valence-electron chi connectivity index (χ1n) is 6.61. The van der Waals surface area contributed by atoms with Gasteiger partial charge in [-0.15, -0.1) is 0 Å². The van der Waals surface area contributed by atoms with Crippen molar-refractivity contribution < 1.29 is 4.74 Å². The summed E-state index contributed by atoms with van der Waals surface area (Å²) in [5.41, 5.74) is 8.40. The molecule has 18 heavy (non-hydrogen) atoms. The number of hydrogen-bond acceptors (Lipinski definition) is 3. The minimum atomic E-state index is 0.0835. The number of aryl methyl sites for hydroxylation is 2. The van der Waals surface area contributed by atoms with Crippen LogP contribution in [0.5, 0.6) is 0 Å². The van der Waals surface area contributed by atoms with Gasteiger partial charge in [-0.05, 0) is 49.0 Å². The maximum atomic E-state index is 6.01. The Morgan fingerprint density at radius 3 is 2.89 bits per heavy atom. The molecule has 0 amide bonds. The standard InChI is InChI=1S/C13H22BrN3O/c1-3-17-11(12(14)10(2)16-17)7-13(8-15)5-4-6-18-9-13/h3-9,15H2,1-2H3. The molecule has 0 spiro atoms. The largest absolute Gasteiger partial charge is 0.381 e. The van der Waals surface area contributed by atoms with E-state index in [4.69, 9.17) is 10.5 Å². The van der Waals surface area contributed by atoms with Crippen LogP contribution in [0.15, 0.2) is 4.47 Å². The van der Waals surface area contributed by atoms with E-state index in [9.17, 15) is 0 Å². The monoisotopic (exact) mass is 315 g/mol. The Labute approximate surface area is 117 Å². The fourth-order valence-corrected chi connectivity index (χ4v) is 3.10. The normalized spacial score (nSPS) is 24.4. The number of ether oxygens (including phenoxy) is 1. The zero-order chi connectivity index (χ0) is 13.2. The van der Waals surface area contributed by atoms with E-state index < -0.39 is 0 Å². The van der Waals surface area contributed by atoms with Crippen molar-refractivity contribution in [3.05, 3.63) is 15.9 Å². The average molecular weight is 316 g/mol. The van der Waals surface area contributed by atoms with Crippen molar-refractivity contribution in [1.82, 2.24) is 9.78 Å². The Hall–Kier alpha value is -0.390. The second-order valence-electron chi connectivity index (χ2n) is 5.20. The smallest absolute Gasteiger partial charge is 0.0738 e. The van der Waals surface area contributed by atoms with E-state index in [0.717, 1.165) is 49.2 Å². The van der Waals surface area contributed by atoms with Gasteiger partial charge in [-0.3, -0.25) is 4.68 Å². The van der Waals surface area contributed by atoms with Gasteiger partial charge in [0, 0.05) is 25.1 Å². The number of nitrogens with zero attached hydrogens (tertiary/aromatic N) is 2. The maximum Gasteiger partial charge on any atom is 0.0738 e. The zero-order valence-electron chi connectivity index (χ0n) is 11.2. The minimum absolute atomic E-state index is 0.0835. The van der Waals surface area contributed by atoms with E-state index in [1.54, 1.807) is 0 Å². The van der Waals surface area contributed by atoms with E-state index in [2.05, 4.69) is 32.6 Å². The summed E-state index contributed by atoms with van der Waals surface area (Å²) in [6.07, 6.45) is 3.19. The molecular weight excluding hydrogens is 294 g/mol. The highest BCUT2D eigenvalue weighted by molar-refractivity contribution is 9.10. The van der Waals surface area contributed by atoms with Crippen LogP contribution in [-0.2, 0) is 17.7 Å². The second kappa shape index (κ2) is 5.72. The van der Waals surface area contributed by atoms with Gasteiger partial charge in [-0.1, -0.05) is 0 Å². The van der Waals surface area contributed by atoms with Crippen LogP contribution in [0, 0.1) is 12.3 Å². The maximum absolute atomic E-state index is 6.01. The molecule has 2 rings (SSSR count). The molecule has 0 aliphatic carbocycles. The lowest BCUT2D eigenvalue weighted by molar-refractivity contribution is -0.00370. The molecule has 1 fully saturated rings. The van der Waals surface area contributed by atoms with E-state index in [0.29, 0.717) is 6.54 Å². The van der Waals surface area contributed by atoms with E-state index in [-0.39, 0.29) is 5.41 Å². The zero-order valence-corrected chi connectivity index (χ0v) is 12.8. The summed E-state index contributed by atoms with van der Waals surface area (Å²) >= 11 is 3.66. The Morgan fingerprint density at radius 1 is 1.56 bits per heavy atom. The first-order chi connectivity index (χ1) is 8.62. The minimum Gasteiger partial charge on any atom is -0.381 e. The summed E-state index contributed by atoms with van der Waals surface area (Å²) in [7, 11) is 0. The Kier molecular flexibility index (Phi) is 4.45. The fraction of sp³-hybridized carbons (Fsp3) is 0.769. The van der Waals surface area contributed by atoms with Gasteiger partial charge in [0.1, 0.15) is 0 Å². The van der Waals surface area contributed by atoms with Crippen molar-refractivity contribution in [3.63, 3.8) is 0 Å². The molecule has 5 heteroatoms. The molecule has 1 aliphatic rings. The van der Waals surface area contributed by atoms with Crippen molar-refractivity contribution in [2.45, 2.75) is 39.7 Å². The molecule has 1 unspecified atom stereocenters. The summed E-state index contributed by atoms with van der Waals surface area (Å²) in [5.74, 6) is 0. The second-order valence-corrected chi connectivity index (χ2v) is 5.99. The molecule has 0 bridgehead atoms. The highest BCUT2D eigenvalue weighted by atomic mass is 79.9. The number of hydrogen-bond donors (Lipinski definition) is 1. The molecule has 0 aromatic carbocycles. The average Bonchev–Trinajstić information content (AvgIpc) is 2.67. The van der Waals surface area contributed by atoms with Crippen LogP contribution in [0.25, 0.3) is 0 Å². The predicted octanol–water partition coefficient (Wildman–Crippen LogP) is 2.27. The van der Waals surface area contributed by atoms with Crippen molar-refractivity contribution >= 4 is 15.9 Å². The van der Waals surface area contributed by atoms with Gasteiger partial charge in [0.2, 0.25) is 0 Å². The molecule has 1 aromatic rings. The third-order valence-corrected chi connectivity index (χ3v) is 4.86. The van der Waals surface area contributed by atoms with Crippen molar-refractivity contribution in [2.75, 3.05) is 19.8 Å². The van der Waals surface area contributed by atoms with Gasteiger partial charge in [-0.25, -0.2) is 0 Å². The van der Waals surface area contributed by atoms with Crippen molar-refractivity contribution in [3.8, 4) is 0 Å². The molecule has 0 saturated carbocycles.